The third-order valence-electron chi connectivity index (χ3n) is 4.83. The third-order valence-corrected chi connectivity index (χ3v) is 4.83. The van der Waals surface area contributed by atoms with Gasteiger partial charge in [0.15, 0.2) is 11.7 Å². The van der Waals surface area contributed by atoms with Crippen molar-refractivity contribution in [2.75, 3.05) is 0 Å². The van der Waals surface area contributed by atoms with Gasteiger partial charge in [-0.2, -0.15) is 0 Å². The zero-order valence-electron chi connectivity index (χ0n) is 15.3. The summed E-state index contributed by atoms with van der Waals surface area (Å²) < 4.78 is 32.8. The maximum Gasteiger partial charge on any atom is 0.223 e. The van der Waals surface area contributed by atoms with Crippen LogP contribution in [0, 0.1) is 11.6 Å². The smallest absolute Gasteiger partial charge is 0.223 e. The minimum Gasteiger partial charge on any atom is -0.441 e. The van der Waals surface area contributed by atoms with E-state index in [1.807, 2.05) is 30.3 Å². The second kappa shape index (κ2) is 7.92. The molecule has 1 saturated carbocycles. The molecule has 4 rings (SSSR count). The highest BCUT2D eigenvalue weighted by molar-refractivity contribution is 5.77. The van der Waals surface area contributed by atoms with Crippen molar-refractivity contribution in [3.05, 3.63) is 77.8 Å². The van der Waals surface area contributed by atoms with Gasteiger partial charge in [0, 0.05) is 42.6 Å². The summed E-state index contributed by atoms with van der Waals surface area (Å²) in [6.07, 6.45) is 4.08. The van der Waals surface area contributed by atoms with Crippen LogP contribution < -0.4 is 0 Å². The van der Waals surface area contributed by atoms with E-state index in [1.165, 1.54) is 12.1 Å². The molecule has 3 aromatic rings. The van der Waals surface area contributed by atoms with Crippen molar-refractivity contribution in [3.63, 3.8) is 0 Å². The van der Waals surface area contributed by atoms with Crippen LogP contribution in [0.2, 0.25) is 0 Å². The number of benzene rings is 2. The van der Waals surface area contributed by atoms with Crippen LogP contribution in [0.4, 0.5) is 8.78 Å². The van der Waals surface area contributed by atoms with Gasteiger partial charge < -0.3 is 9.32 Å². The fraction of sp³-hybridized carbons (Fsp3) is 0.273. The fourth-order valence-electron chi connectivity index (χ4n) is 3.16. The van der Waals surface area contributed by atoms with Gasteiger partial charge >= 0.3 is 0 Å². The lowest BCUT2D eigenvalue weighted by Crippen LogP contribution is -2.33. The van der Waals surface area contributed by atoms with E-state index in [4.69, 9.17) is 4.42 Å². The lowest BCUT2D eigenvalue weighted by atomic mass is 10.1. The number of oxazole rings is 1. The van der Waals surface area contributed by atoms with Crippen LogP contribution in [0.1, 0.15) is 30.7 Å². The van der Waals surface area contributed by atoms with Gasteiger partial charge in [0.2, 0.25) is 5.91 Å². The van der Waals surface area contributed by atoms with E-state index in [-0.39, 0.29) is 24.9 Å². The van der Waals surface area contributed by atoms with Crippen LogP contribution in [0.15, 0.2) is 59.1 Å². The average molecular weight is 382 g/mol. The molecule has 1 fully saturated rings. The summed E-state index contributed by atoms with van der Waals surface area (Å²) in [6.45, 7) is 0.149. The lowest BCUT2D eigenvalue weighted by molar-refractivity contribution is -0.132. The van der Waals surface area contributed by atoms with Crippen molar-refractivity contribution in [1.82, 2.24) is 9.88 Å². The number of hydrogen-bond donors (Lipinski definition) is 0. The highest BCUT2D eigenvalue weighted by Gasteiger charge is 2.33. The lowest BCUT2D eigenvalue weighted by Gasteiger charge is -2.22. The minimum absolute atomic E-state index is 0.0781. The Morgan fingerprint density at radius 2 is 1.93 bits per heavy atom. The molecule has 0 aliphatic heterocycles. The first-order valence-corrected chi connectivity index (χ1v) is 9.33. The topological polar surface area (TPSA) is 46.3 Å². The second-order valence-corrected chi connectivity index (χ2v) is 6.97. The number of hydrogen-bond acceptors (Lipinski definition) is 3. The molecule has 1 heterocycles. The maximum absolute atomic E-state index is 14.0. The molecule has 2 aromatic carbocycles. The van der Waals surface area contributed by atoms with E-state index in [9.17, 15) is 13.6 Å². The summed E-state index contributed by atoms with van der Waals surface area (Å²) in [7, 11) is 0. The summed E-state index contributed by atoms with van der Waals surface area (Å²) >= 11 is 0. The van der Waals surface area contributed by atoms with E-state index in [1.54, 1.807) is 11.1 Å². The summed E-state index contributed by atoms with van der Waals surface area (Å²) in [5.74, 6) is -0.167. The zero-order valence-corrected chi connectivity index (χ0v) is 15.3. The molecule has 0 atom stereocenters. The number of carbonyl (C=O) groups is 1. The summed E-state index contributed by atoms with van der Waals surface area (Å²) in [6, 6.07) is 13.2. The van der Waals surface area contributed by atoms with Crippen LogP contribution in [0.5, 0.6) is 0 Å². The summed E-state index contributed by atoms with van der Waals surface area (Å²) in [4.78, 5) is 18.6. The first kappa shape index (κ1) is 18.3. The standard InChI is InChI=1S/C22H20F2N2O2/c23-17-7-6-16(19(24)12-17)14-26(18-8-9-18)22(27)11-10-21-25-13-20(28-21)15-4-2-1-3-5-15/h1-7,12-13,18H,8-11,14H2. The zero-order chi connectivity index (χ0) is 19.5. The monoisotopic (exact) mass is 382 g/mol. The first-order chi connectivity index (χ1) is 13.6. The predicted octanol–water partition coefficient (Wildman–Crippen LogP) is 4.74. The predicted molar refractivity (Wildman–Crippen MR) is 100 cm³/mol. The van der Waals surface area contributed by atoms with Gasteiger partial charge in [0.05, 0.1) is 6.20 Å². The highest BCUT2D eigenvalue weighted by Crippen LogP contribution is 2.30. The molecule has 0 radical (unpaired) electrons. The minimum atomic E-state index is -0.626. The number of amides is 1. The van der Waals surface area contributed by atoms with Crippen LogP contribution in [0.25, 0.3) is 11.3 Å². The maximum atomic E-state index is 14.0. The normalized spacial score (nSPS) is 13.5. The second-order valence-electron chi connectivity index (χ2n) is 6.97. The molecule has 1 aliphatic rings. The van der Waals surface area contributed by atoms with Gasteiger partial charge in [0.25, 0.3) is 0 Å². The van der Waals surface area contributed by atoms with Crippen LogP contribution in [-0.2, 0) is 17.8 Å². The van der Waals surface area contributed by atoms with Crippen LogP contribution >= 0.6 is 0 Å². The van der Waals surface area contributed by atoms with E-state index >= 15 is 0 Å². The third kappa shape index (κ3) is 4.27. The Morgan fingerprint density at radius 1 is 1.14 bits per heavy atom. The fourth-order valence-corrected chi connectivity index (χ4v) is 3.16. The molecule has 1 amide bonds. The molecular formula is C22H20F2N2O2. The molecule has 28 heavy (non-hydrogen) atoms. The number of carbonyl (C=O) groups excluding carboxylic acids is 1. The van der Waals surface area contributed by atoms with E-state index < -0.39 is 11.6 Å². The van der Waals surface area contributed by atoms with Crippen molar-refractivity contribution in [1.29, 1.82) is 0 Å². The molecule has 0 unspecified atom stereocenters. The number of aryl methyl sites for hydroxylation is 1. The van der Waals surface area contributed by atoms with Crippen molar-refractivity contribution in [3.8, 4) is 11.3 Å². The molecule has 1 aliphatic carbocycles. The van der Waals surface area contributed by atoms with Crippen molar-refractivity contribution in [2.45, 2.75) is 38.3 Å². The SMILES string of the molecule is O=C(CCc1ncc(-c2ccccc2)o1)N(Cc1ccc(F)cc1F)C1CC1. The van der Waals surface area contributed by atoms with Gasteiger partial charge in [-0.05, 0) is 18.9 Å². The van der Waals surface area contributed by atoms with Gasteiger partial charge in [0.1, 0.15) is 11.6 Å². The largest absolute Gasteiger partial charge is 0.441 e. The number of aromatic nitrogens is 1. The molecule has 1 aromatic heterocycles. The Balaban J connectivity index is 1.39. The van der Waals surface area contributed by atoms with E-state index in [2.05, 4.69) is 4.98 Å². The Labute approximate surface area is 161 Å². The number of halogens is 2. The van der Waals surface area contributed by atoms with Crippen molar-refractivity contribution >= 4 is 5.91 Å². The van der Waals surface area contributed by atoms with Gasteiger partial charge in [-0.15, -0.1) is 0 Å². The van der Waals surface area contributed by atoms with Crippen molar-refractivity contribution in [2.24, 2.45) is 0 Å². The molecule has 4 nitrogen and oxygen atoms in total. The first-order valence-electron chi connectivity index (χ1n) is 9.33. The van der Waals surface area contributed by atoms with Crippen LogP contribution in [0.3, 0.4) is 0 Å². The van der Waals surface area contributed by atoms with Gasteiger partial charge in [-0.3, -0.25) is 4.79 Å². The highest BCUT2D eigenvalue weighted by atomic mass is 19.1. The Bertz CT molecular complexity index is 968. The molecule has 0 N–H and O–H groups in total. The van der Waals surface area contributed by atoms with E-state index in [0.29, 0.717) is 23.6 Å². The number of rotatable bonds is 7. The molecule has 0 bridgehead atoms. The quantitative estimate of drug-likeness (QED) is 0.593. The Kier molecular flexibility index (Phi) is 5.19. The summed E-state index contributed by atoms with van der Waals surface area (Å²) in [5, 5.41) is 0. The molecule has 6 heteroatoms. The van der Waals surface area contributed by atoms with E-state index in [0.717, 1.165) is 24.5 Å². The molecule has 0 spiro atoms. The molecular weight excluding hydrogens is 362 g/mol. The Morgan fingerprint density at radius 3 is 2.64 bits per heavy atom. The molecule has 144 valence electrons. The molecule has 0 saturated heterocycles. The average Bonchev–Trinajstić information content (AvgIpc) is 3.43. The van der Waals surface area contributed by atoms with Crippen LogP contribution in [-0.4, -0.2) is 21.8 Å². The number of nitrogens with zero attached hydrogens (tertiary/aromatic N) is 2. The van der Waals surface area contributed by atoms with Gasteiger partial charge in [-0.25, -0.2) is 13.8 Å². The van der Waals surface area contributed by atoms with Crippen molar-refractivity contribution < 1.29 is 18.0 Å². The Hall–Kier alpha value is -3.02. The summed E-state index contributed by atoms with van der Waals surface area (Å²) in [5.41, 5.74) is 1.25. The van der Waals surface area contributed by atoms with Gasteiger partial charge in [-0.1, -0.05) is 36.4 Å².